The Morgan fingerprint density at radius 1 is 1.44 bits per heavy atom. The summed E-state index contributed by atoms with van der Waals surface area (Å²) in [5.41, 5.74) is 2.29. The van der Waals surface area contributed by atoms with E-state index >= 15 is 0 Å². The fourth-order valence-electron chi connectivity index (χ4n) is 1.70. The van der Waals surface area contributed by atoms with Crippen LogP contribution in [0.2, 0.25) is 0 Å². The summed E-state index contributed by atoms with van der Waals surface area (Å²) in [5, 5.41) is 8.81. The van der Waals surface area contributed by atoms with Crippen LogP contribution in [0.5, 0.6) is 0 Å². The van der Waals surface area contributed by atoms with Gasteiger partial charge in [-0.1, -0.05) is 12.1 Å². The standard InChI is InChI=1S/C13H14N2O3/c1-15(2)10-5-3-4-9(6-10)13-11(7-12(16)17)14-8-18-13/h3-6,8H,7H2,1-2H3,(H,16,17). The molecule has 0 fully saturated rings. The number of hydrogen-bond donors (Lipinski definition) is 1. The van der Waals surface area contributed by atoms with Crippen LogP contribution in [-0.4, -0.2) is 30.2 Å². The first kappa shape index (κ1) is 12.2. The van der Waals surface area contributed by atoms with Gasteiger partial charge in [0.25, 0.3) is 0 Å². The van der Waals surface area contributed by atoms with Crippen LogP contribution in [0.15, 0.2) is 35.1 Å². The second-order valence-corrected chi connectivity index (χ2v) is 4.14. The molecule has 0 unspecified atom stereocenters. The zero-order valence-electron chi connectivity index (χ0n) is 10.3. The molecule has 0 radical (unpaired) electrons. The minimum absolute atomic E-state index is 0.141. The van der Waals surface area contributed by atoms with E-state index in [1.807, 2.05) is 43.3 Å². The van der Waals surface area contributed by atoms with E-state index in [9.17, 15) is 4.79 Å². The lowest BCUT2D eigenvalue weighted by Gasteiger charge is -2.13. The second-order valence-electron chi connectivity index (χ2n) is 4.14. The number of carboxylic acid groups (broad SMARTS) is 1. The van der Waals surface area contributed by atoms with Crippen molar-refractivity contribution in [3.8, 4) is 11.3 Å². The molecule has 94 valence electrons. The zero-order valence-corrected chi connectivity index (χ0v) is 10.3. The first-order chi connectivity index (χ1) is 8.58. The number of carboxylic acids is 1. The van der Waals surface area contributed by atoms with Crippen molar-refractivity contribution in [2.24, 2.45) is 0 Å². The maximum atomic E-state index is 10.7. The number of nitrogens with zero attached hydrogens (tertiary/aromatic N) is 2. The molecule has 1 heterocycles. The van der Waals surface area contributed by atoms with Crippen molar-refractivity contribution in [1.82, 2.24) is 4.98 Å². The van der Waals surface area contributed by atoms with Gasteiger partial charge in [0.05, 0.1) is 12.1 Å². The van der Waals surface area contributed by atoms with E-state index in [0.29, 0.717) is 11.5 Å². The smallest absolute Gasteiger partial charge is 0.309 e. The number of aromatic nitrogens is 1. The van der Waals surface area contributed by atoms with Crippen molar-refractivity contribution < 1.29 is 14.3 Å². The first-order valence-electron chi connectivity index (χ1n) is 5.50. The summed E-state index contributed by atoms with van der Waals surface area (Å²) in [5.74, 6) is -0.407. The van der Waals surface area contributed by atoms with Crippen molar-refractivity contribution in [1.29, 1.82) is 0 Å². The molecule has 1 aromatic carbocycles. The summed E-state index contributed by atoms with van der Waals surface area (Å²) < 4.78 is 5.29. The van der Waals surface area contributed by atoms with Crippen LogP contribution >= 0.6 is 0 Å². The summed E-state index contributed by atoms with van der Waals surface area (Å²) >= 11 is 0. The molecule has 0 atom stereocenters. The van der Waals surface area contributed by atoms with E-state index in [-0.39, 0.29) is 6.42 Å². The number of oxazole rings is 1. The average molecular weight is 246 g/mol. The monoisotopic (exact) mass is 246 g/mol. The number of benzene rings is 1. The van der Waals surface area contributed by atoms with Crippen LogP contribution in [0, 0.1) is 0 Å². The molecule has 2 aromatic rings. The van der Waals surface area contributed by atoms with Crippen molar-refractivity contribution in [2.45, 2.75) is 6.42 Å². The van der Waals surface area contributed by atoms with Gasteiger partial charge in [-0.15, -0.1) is 0 Å². The molecule has 2 rings (SSSR count). The van der Waals surface area contributed by atoms with E-state index in [1.165, 1.54) is 6.39 Å². The molecular formula is C13H14N2O3. The Morgan fingerprint density at radius 3 is 2.89 bits per heavy atom. The summed E-state index contributed by atoms with van der Waals surface area (Å²) in [6.07, 6.45) is 1.13. The third kappa shape index (κ3) is 2.51. The molecule has 0 saturated heterocycles. The molecule has 18 heavy (non-hydrogen) atoms. The molecular weight excluding hydrogens is 232 g/mol. The number of carbonyl (C=O) groups is 1. The highest BCUT2D eigenvalue weighted by molar-refractivity contribution is 5.74. The lowest BCUT2D eigenvalue weighted by atomic mass is 10.1. The van der Waals surface area contributed by atoms with E-state index in [0.717, 1.165) is 11.3 Å². The molecule has 1 aromatic heterocycles. The average Bonchev–Trinajstić information content (AvgIpc) is 2.76. The molecule has 5 heteroatoms. The number of rotatable bonds is 4. The van der Waals surface area contributed by atoms with Gasteiger partial charge < -0.3 is 14.4 Å². The van der Waals surface area contributed by atoms with E-state index in [4.69, 9.17) is 9.52 Å². The van der Waals surface area contributed by atoms with Crippen molar-refractivity contribution in [2.75, 3.05) is 19.0 Å². The minimum atomic E-state index is -0.922. The normalized spacial score (nSPS) is 10.3. The largest absolute Gasteiger partial charge is 0.481 e. The van der Waals surface area contributed by atoms with Gasteiger partial charge in [0.1, 0.15) is 0 Å². The number of anilines is 1. The lowest BCUT2D eigenvalue weighted by molar-refractivity contribution is -0.136. The summed E-state index contributed by atoms with van der Waals surface area (Å²) in [6, 6.07) is 7.68. The summed E-state index contributed by atoms with van der Waals surface area (Å²) in [4.78, 5) is 16.7. The first-order valence-corrected chi connectivity index (χ1v) is 5.50. The van der Waals surface area contributed by atoms with Gasteiger partial charge in [-0.25, -0.2) is 4.98 Å². The molecule has 0 spiro atoms. The van der Waals surface area contributed by atoms with Crippen molar-refractivity contribution in [3.05, 3.63) is 36.4 Å². The highest BCUT2D eigenvalue weighted by Gasteiger charge is 2.14. The van der Waals surface area contributed by atoms with Crippen LogP contribution in [0.4, 0.5) is 5.69 Å². The Balaban J connectivity index is 2.39. The van der Waals surface area contributed by atoms with Crippen molar-refractivity contribution >= 4 is 11.7 Å². The van der Waals surface area contributed by atoms with Gasteiger partial charge in [-0.3, -0.25) is 4.79 Å². The lowest BCUT2D eigenvalue weighted by Crippen LogP contribution is -2.08. The Hall–Kier alpha value is -2.30. The third-order valence-electron chi connectivity index (χ3n) is 2.58. The van der Waals surface area contributed by atoms with E-state index in [2.05, 4.69) is 4.98 Å². The maximum Gasteiger partial charge on any atom is 0.309 e. The molecule has 0 aliphatic carbocycles. The van der Waals surface area contributed by atoms with E-state index < -0.39 is 5.97 Å². The van der Waals surface area contributed by atoms with Crippen LogP contribution in [-0.2, 0) is 11.2 Å². The third-order valence-corrected chi connectivity index (χ3v) is 2.58. The molecule has 5 nitrogen and oxygen atoms in total. The van der Waals surface area contributed by atoms with Gasteiger partial charge in [0.15, 0.2) is 12.2 Å². The molecule has 0 saturated carbocycles. The number of hydrogen-bond acceptors (Lipinski definition) is 4. The topological polar surface area (TPSA) is 66.6 Å². The highest BCUT2D eigenvalue weighted by Crippen LogP contribution is 2.26. The van der Waals surface area contributed by atoms with E-state index in [1.54, 1.807) is 0 Å². The Kier molecular flexibility index (Phi) is 3.32. The van der Waals surface area contributed by atoms with Crippen LogP contribution in [0.3, 0.4) is 0 Å². The van der Waals surface area contributed by atoms with Gasteiger partial charge in [0, 0.05) is 25.3 Å². The maximum absolute atomic E-state index is 10.7. The fourth-order valence-corrected chi connectivity index (χ4v) is 1.70. The van der Waals surface area contributed by atoms with Gasteiger partial charge >= 0.3 is 5.97 Å². The quantitative estimate of drug-likeness (QED) is 0.894. The molecule has 0 bridgehead atoms. The fraction of sp³-hybridized carbons (Fsp3) is 0.231. The zero-order chi connectivity index (χ0) is 13.1. The van der Waals surface area contributed by atoms with Crippen LogP contribution in [0.25, 0.3) is 11.3 Å². The molecule has 0 aliphatic rings. The minimum Gasteiger partial charge on any atom is -0.481 e. The molecule has 0 aliphatic heterocycles. The second kappa shape index (κ2) is 4.91. The summed E-state index contributed by atoms with van der Waals surface area (Å²) in [7, 11) is 3.88. The van der Waals surface area contributed by atoms with Crippen molar-refractivity contribution in [3.63, 3.8) is 0 Å². The Bertz CT molecular complexity index is 561. The molecule has 1 N–H and O–H groups in total. The summed E-state index contributed by atoms with van der Waals surface area (Å²) in [6.45, 7) is 0. The SMILES string of the molecule is CN(C)c1cccc(-c2ocnc2CC(=O)O)c1. The van der Waals surface area contributed by atoms with Crippen LogP contribution < -0.4 is 4.90 Å². The van der Waals surface area contributed by atoms with Gasteiger partial charge in [-0.05, 0) is 12.1 Å². The number of aliphatic carboxylic acids is 1. The highest BCUT2D eigenvalue weighted by atomic mass is 16.4. The van der Waals surface area contributed by atoms with Gasteiger partial charge in [0.2, 0.25) is 0 Å². The predicted molar refractivity (Wildman–Crippen MR) is 67.6 cm³/mol. The predicted octanol–water partition coefficient (Wildman–Crippen LogP) is 2.03. The van der Waals surface area contributed by atoms with Gasteiger partial charge in [-0.2, -0.15) is 0 Å². The Morgan fingerprint density at radius 2 is 2.22 bits per heavy atom. The Labute approximate surface area is 105 Å². The van der Waals surface area contributed by atoms with Crippen LogP contribution in [0.1, 0.15) is 5.69 Å². The molecule has 0 amide bonds.